The summed E-state index contributed by atoms with van der Waals surface area (Å²) in [6.45, 7) is 17.3. The van der Waals surface area contributed by atoms with Crippen LogP contribution >= 0.6 is 0 Å². The average molecular weight is 249 g/mol. The Morgan fingerprint density at radius 1 is 1.00 bits per heavy atom. The lowest BCUT2D eigenvalue weighted by atomic mass is 9.60. The Bertz CT molecular complexity index is 216. The molecule has 105 valence electrons. The summed E-state index contributed by atoms with van der Waals surface area (Å²) >= 11 is 0. The fourth-order valence-corrected chi connectivity index (χ4v) is 3.24. The molecule has 0 nitrogen and oxygen atoms in total. The zero-order valence-electron chi connectivity index (χ0n) is 13.1. The van der Waals surface area contributed by atoms with Gasteiger partial charge in [-0.1, -0.05) is 59.1 Å². The van der Waals surface area contributed by atoms with Gasteiger partial charge in [0.15, 0.2) is 0 Å². The first-order chi connectivity index (χ1) is 8.58. The second-order valence-electron chi connectivity index (χ2n) is 5.75. The van der Waals surface area contributed by atoms with E-state index in [1.807, 2.05) is 0 Å². The molecule has 0 heteroatoms. The molecule has 1 radical (unpaired) electrons. The summed E-state index contributed by atoms with van der Waals surface area (Å²) in [6, 6.07) is 0. The van der Waals surface area contributed by atoms with E-state index in [-0.39, 0.29) is 0 Å². The monoisotopic (exact) mass is 249 g/mol. The molecule has 0 aliphatic carbocycles. The van der Waals surface area contributed by atoms with Crippen LogP contribution in [0.25, 0.3) is 0 Å². The van der Waals surface area contributed by atoms with Crippen LogP contribution in [0.2, 0.25) is 0 Å². The molecule has 0 rings (SSSR count). The van der Waals surface area contributed by atoms with Crippen molar-refractivity contribution in [2.75, 3.05) is 0 Å². The van der Waals surface area contributed by atoms with Crippen molar-refractivity contribution in [1.82, 2.24) is 0 Å². The molecule has 0 aliphatic rings. The van der Waals surface area contributed by atoms with Gasteiger partial charge in [-0.05, 0) is 42.9 Å². The van der Waals surface area contributed by atoms with Crippen molar-refractivity contribution in [3.05, 3.63) is 31.2 Å². The van der Waals surface area contributed by atoms with Crippen LogP contribution in [0.1, 0.15) is 72.6 Å². The highest BCUT2D eigenvalue weighted by molar-refractivity contribution is 5.13. The van der Waals surface area contributed by atoms with Crippen molar-refractivity contribution in [3.8, 4) is 0 Å². The molecule has 0 bridgehead atoms. The van der Waals surface area contributed by atoms with Gasteiger partial charge in [-0.3, -0.25) is 0 Å². The zero-order chi connectivity index (χ0) is 14.0. The van der Waals surface area contributed by atoms with Gasteiger partial charge in [0, 0.05) is 0 Å². The van der Waals surface area contributed by atoms with Crippen molar-refractivity contribution in [3.63, 3.8) is 0 Å². The summed E-state index contributed by atoms with van der Waals surface area (Å²) in [5.41, 5.74) is 0.396. The SMILES string of the molecule is C=CC[C](CC=C)C(CCC)(CCCC)C(C)C. The number of unbranched alkanes of at least 4 members (excludes halogenated alkanes) is 1. The second-order valence-corrected chi connectivity index (χ2v) is 5.75. The van der Waals surface area contributed by atoms with Crippen molar-refractivity contribution in [2.24, 2.45) is 11.3 Å². The summed E-state index contributed by atoms with van der Waals surface area (Å²) in [5.74, 6) is 2.36. The molecule has 0 aliphatic heterocycles. The summed E-state index contributed by atoms with van der Waals surface area (Å²) in [7, 11) is 0. The third-order valence-electron chi connectivity index (χ3n) is 4.26. The maximum Gasteiger partial charge on any atom is -0.0102 e. The molecular formula is C18H33. The fourth-order valence-electron chi connectivity index (χ4n) is 3.24. The molecule has 0 fully saturated rings. The Balaban J connectivity index is 5.16. The van der Waals surface area contributed by atoms with E-state index in [0.717, 1.165) is 12.8 Å². The molecule has 0 saturated carbocycles. The number of rotatable bonds is 11. The van der Waals surface area contributed by atoms with Gasteiger partial charge in [0.2, 0.25) is 0 Å². The Labute approximate surface area is 116 Å². The highest BCUT2D eigenvalue weighted by Crippen LogP contribution is 2.49. The highest BCUT2D eigenvalue weighted by atomic mass is 14.4. The van der Waals surface area contributed by atoms with E-state index in [2.05, 4.69) is 53.0 Å². The van der Waals surface area contributed by atoms with Gasteiger partial charge in [-0.2, -0.15) is 0 Å². The van der Waals surface area contributed by atoms with E-state index in [4.69, 9.17) is 0 Å². The first kappa shape index (κ1) is 17.5. The molecule has 0 saturated heterocycles. The van der Waals surface area contributed by atoms with Crippen LogP contribution in [0.5, 0.6) is 0 Å². The van der Waals surface area contributed by atoms with E-state index in [0.29, 0.717) is 11.3 Å². The van der Waals surface area contributed by atoms with Crippen LogP contribution < -0.4 is 0 Å². The number of hydrogen-bond acceptors (Lipinski definition) is 0. The molecule has 0 aromatic carbocycles. The van der Waals surface area contributed by atoms with Gasteiger partial charge in [0.1, 0.15) is 0 Å². The standard InChI is InChI=1S/C18H33/c1-7-11-15-18(14-10-4,16(5)6)17(12-8-2)13-9-3/h8-9,16H,2-3,7,10-15H2,1,4-6H3. The molecule has 18 heavy (non-hydrogen) atoms. The molecule has 1 unspecified atom stereocenters. The molecule has 0 N–H and O–H groups in total. The average Bonchev–Trinajstić information content (AvgIpc) is 2.34. The maximum absolute atomic E-state index is 3.94. The van der Waals surface area contributed by atoms with Crippen molar-refractivity contribution in [2.45, 2.75) is 72.6 Å². The molecule has 0 aromatic heterocycles. The quantitative estimate of drug-likeness (QED) is 0.374. The van der Waals surface area contributed by atoms with Crippen molar-refractivity contribution >= 4 is 0 Å². The Morgan fingerprint density at radius 2 is 1.56 bits per heavy atom. The van der Waals surface area contributed by atoms with Crippen LogP contribution in [0.4, 0.5) is 0 Å². The summed E-state index contributed by atoms with van der Waals surface area (Å²) < 4.78 is 0. The molecular weight excluding hydrogens is 216 g/mol. The summed E-state index contributed by atoms with van der Waals surface area (Å²) in [6.07, 6.45) is 12.7. The second kappa shape index (κ2) is 9.42. The van der Waals surface area contributed by atoms with Crippen LogP contribution in [-0.4, -0.2) is 0 Å². The first-order valence-corrected chi connectivity index (χ1v) is 7.65. The molecule has 0 spiro atoms. The molecule has 0 aromatic rings. The van der Waals surface area contributed by atoms with Gasteiger partial charge >= 0.3 is 0 Å². The molecule has 1 atom stereocenters. The predicted molar refractivity (Wildman–Crippen MR) is 84.6 cm³/mol. The van der Waals surface area contributed by atoms with Crippen LogP contribution in [0.15, 0.2) is 25.3 Å². The minimum absolute atomic E-state index is 0.396. The van der Waals surface area contributed by atoms with E-state index in [9.17, 15) is 0 Å². The third-order valence-corrected chi connectivity index (χ3v) is 4.26. The molecule has 0 heterocycles. The summed E-state index contributed by atoms with van der Waals surface area (Å²) in [4.78, 5) is 0. The van der Waals surface area contributed by atoms with Crippen LogP contribution in [-0.2, 0) is 0 Å². The lowest BCUT2D eigenvalue weighted by molar-refractivity contribution is 0.156. The first-order valence-electron chi connectivity index (χ1n) is 7.65. The smallest absolute Gasteiger partial charge is 0.0102 e. The minimum atomic E-state index is 0.396. The zero-order valence-corrected chi connectivity index (χ0v) is 13.1. The normalized spacial score (nSPS) is 14.8. The van der Waals surface area contributed by atoms with Gasteiger partial charge < -0.3 is 0 Å². The number of allylic oxidation sites excluding steroid dienone is 2. The van der Waals surface area contributed by atoms with Crippen molar-refractivity contribution < 1.29 is 0 Å². The third kappa shape index (κ3) is 4.63. The van der Waals surface area contributed by atoms with Gasteiger partial charge in [-0.15, -0.1) is 13.2 Å². The summed E-state index contributed by atoms with van der Waals surface area (Å²) in [5, 5.41) is 0. The van der Waals surface area contributed by atoms with E-state index < -0.39 is 0 Å². The van der Waals surface area contributed by atoms with E-state index in [1.165, 1.54) is 32.1 Å². The minimum Gasteiger partial charge on any atom is -0.103 e. The van der Waals surface area contributed by atoms with Gasteiger partial charge in [0.05, 0.1) is 0 Å². The highest BCUT2D eigenvalue weighted by Gasteiger charge is 2.39. The lowest BCUT2D eigenvalue weighted by Crippen LogP contribution is -2.34. The maximum atomic E-state index is 3.94. The predicted octanol–water partition coefficient (Wildman–Crippen LogP) is 6.35. The van der Waals surface area contributed by atoms with Crippen LogP contribution in [0.3, 0.4) is 0 Å². The van der Waals surface area contributed by atoms with Crippen molar-refractivity contribution in [1.29, 1.82) is 0 Å². The van der Waals surface area contributed by atoms with E-state index in [1.54, 1.807) is 5.92 Å². The fraction of sp³-hybridized carbons (Fsp3) is 0.722. The lowest BCUT2D eigenvalue weighted by Gasteiger charge is -2.44. The van der Waals surface area contributed by atoms with Gasteiger partial charge in [0.25, 0.3) is 0 Å². The Kier molecular flexibility index (Phi) is 9.14. The van der Waals surface area contributed by atoms with Gasteiger partial charge in [-0.25, -0.2) is 0 Å². The van der Waals surface area contributed by atoms with E-state index >= 15 is 0 Å². The molecule has 0 amide bonds. The number of hydrogen-bond donors (Lipinski definition) is 0. The Hall–Kier alpha value is -0.520. The topological polar surface area (TPSA) is 0 Å². The Morgan fingerprint density at radius 3 is 1.89 bits per heavy atom. The largest absolute Gasteiger partial charge is 0.103 e. The van der Waals surface area contributed by atoms with Crippen LogP contribution in [0, 0.1) is 17.3 Å².